The Balaban J connectivity index is 1.36. The predicted octanol–water partition coefficient (Wildman–Crippen LogP) is 2.36. The van der Waals surface area contributed by atoms with Crippen molar-refractivity contribution < 1.29 is 38.1 Å². The molecule has 4 rings (SSSR count). The number of nitrogens with one attached hydrogen (secondary N) is 1. The molecule has 0 aromatic heterocycles. The molecule has 0 radical (unpaired) electrons. The van der Waals surface area contributed by atoms with Crippen molar-refractivity contribution in [2.24, 2.45) is 5.92 Å². The van der Waals surface area contributed by atoms with Crippen molar-refractivity contribution >= 4 is 29.2 Å². The van der Waals surface area contributed by atoms with Crippen molar-refractivity contribution in [1.29, 1.82) is 0 Å². The summed E-state index contributed by atoms with van der Waals surface area (Å²) in [5.74, 6) is 0.0935. The maximum absolute atomic E-state index is 12.7. The molecule has 10 nitrogen and oxygen atoms in total. The van der Waals surface area contributed by atoms with Crippen LogP contribution in [0.3, 0.4) is 0 Å². The summed E-state index contributed by atoms with van der Waals surface area (Å²) in [4.78, 5) is 39.2. The van der Waals surface area contributed by atoms with Crippen molar-refractivity contribution in [3.63, 3.8) is 0 Å². The number of fused-ring (bicyclic) bond motifs is 1. The molecule has 1 N–H and O–H groups in total. The second kappa shape index (κ2) is 9.27. The van der Waals surface area contributed by atoms with Gasteiger partial charge >= 0.3 is 5.97 Å². The Morgan fingerprint density at radius 3 is 2.64 bits per heavy atom. The zero-order valence-electron chi connectivity index (χ0n) is 18.5. The number of ether oxygens (including phenoxy) is 5. The molecule has 1 fully saturated rings. The summed E-state index contributed by atoms with van der Waals surface area (Å²) in [6.07, 6.45) is -1.08. The molecule has 2 unspecified atom stereocenters. The lowest BCUT2D eigenvalue weighted by Crippen LogP contribution is -2.33. The van der Waals surface area contributed by atoms with E-state index in [-0.39, 0.29) is 25.7 Å². The highest BCUT2D eigenvalue weighted by molar-refractivity contribution is 6.01. The minimum atomic E-state index is -1.05. The lowest BCUT2D eigenvalue weighted by Gasteiger charge is -2.20. The van der Waals surface area contributed by atoms with Crippen LogP contribution in [0.25, 0.3) is 0 Å². The SMILES string of the molecule is COc1ccc(N2CC(C(=O)OC(C)C(=O)Nc3ccc4c(c3)OCO4)CC2=O)c(OC)c1. The fraction of sp³-hybridized carbons (Fsp3) is 0.348. The Kier molecular flexibility index (Phi) is 6.25. The molecule has 2 aromatic carbocycles. The Hall–Kier alpha value is -3.95. The Labute approximate surface area is 190 Å². The minimum absolute atomic E-state index is 0.0233. The van der Waals surface area contributed by atoms with Crippen LogP contribution in [0.4, 0.5) is 11.4 Å². The average Bonchev–Trinajstić information content (AvgIpc) is 3.44. The van der Waals surface area contributed by atoms with E-state index in [0.717, 1.165) is 0 Å². The zero-order chi connectivity index (χ0) is 23.5. The van der Waals surface area contributed by atoms with E-state index in [1.807, 2.05) is 0 Å². The fourth-order valence-corrected chi connectivity index (χ4v) is 3.65. The van der Waals surface area contributed by atoms with Gasteiger partial charge in [0.05, 0.1) is 25.8 Å². The standard InChI is InChI=1S/C23H24N2O8/c1-13(22(27)24-15-4-7-18-20(9-15)32-12-31-18)33-23(28)14-8-21(26)25(11-14)17-6-5-16(29-2)10-19(17)30-3/h4-7,9-10,13-14H,8,11-12H2,1-3H3,(H,24,27). The summed E-state index contributed by atoms with van der Waals surface area (Å²) in [6.45, 7) is 1.72. The summed E-state index contributed by atoms with van der Waals surface area (Å²) in [5.41, 5.74) is 1.02. The first-order valence-electron chi connectivity index (χ1n) is 10.3. The number of carbonyl (C=O) groups is 3. The van der Waals surface area contributed by atoms with Crippen LogP contribution in [0, 0.1) is 5.92 Å². The quantitative estimate of drug-likeness (QED) is 0.632. The first-order chi connectivity index (χ1) is 15.9. The summed E-state index contributed by atoms with van der Waals surface area (Å²) in [6, 6.07) is 10.0. The van der Waals surface area contributed by atoms with E-state index in [4.69, 9.17) is 23.7 Å². The van der Waals surface area contributed by atoms with Gasteiger partial charge in [0.15, 0.2) is 17.6 Å². The lowest BCUT2D eigenvalue weighted by molar-refractivity contribution is -0.157. The second-order valence-corrected chi connectivity index (χ2v) is 7.58. The number of hydrogen-bond donors (Lipinski definition) is 1. The smallest absolute Gasteiger partial charge is 0.312 e. The van der Waals surface area contributed by atoms with Crippen LogP contribution in [0.2, 0.25) is 0 Å². The first kappa shape index (κ1) is 22.3. The van der Waals surface area contributed by atoms with E-state index in [0.29, 0.717) is 34.4 Å². The summed E-state index contributed by atoms with van der Waals surface area (Å²) >= 11 is 0. The molecular weight excluding hydrogens is 432 g/mol. The number of nitrogens with zero attached hydrogens (tertiary/aromatic N) is 1. The van der Waals surface area contributed by atoms with Crippen LogP contribution >= 0.6 is 0 Å². The number of methoxy groups -OCH3 is 2. The van der Waals surface area contributed by atoms with Gasteiger partial charge in [-0.15, -0.1) is 0 Å². The van der Waals surface area contributed by atoms with Gasteiger partial charge < -0.3 is 33.9 Å². The van der Waals surface area contributed by atoms with Gasteiger partial charge in [-0.25, -0.2) is 0 Å². The maximum atomic E-state index is 12.7. The van der Waals surface area contributed by atoms with Crippen LogP contribution < -0.4 is 29.2 Å². The molecule has 2 amide bonds. The van der Waals surface area contributed by atoms with Crippen LogP contribution in [-0.4, -0.2) is 51.4 Å². The number of rotatable bonds is 7. The highest BCUT2D eigenvalue weighted by Crippen LogP contribution is 2.36. The van der Waals surface area contributed by atoms with Crippen molar-refractivity contribution in [2.45, 2.75) is 19.4 Å². The molecular formula is C23H24N2O8. The molecule has 2 aliphatic heterocycles. The molecule has 2 aliphatic rings. The lowest BCUT2D eigenvalue weighted by atomic mass is 10.1. The highest BCUT2D eigenvalue weighted by atomic mass is 16.7. The Bertz CT molecular complexity index is 1090. The third-order valence-corrected chi connectivity index (χ3v) is 5.44. The van der Waals surface area contributed by atoms with E-state index < -0.39 is 23.9 Å². The van der Waals surface area contributed by atoms with Crippen molar-refractivity contribution in [1.82, 2.24) is 0 Å². The van der Waals surface area contributed by atoms with Gasteiger partial charge in [-0.2, -0.15) is 0 Å². The molecule has 174 valence electrons. The summed E-state index contributed by atoms with van der Waals surface area (Å²) in [5, 5.41) is 2.68. The summed E-state index contributed by atoms with van der Waals surface area (Å²) < 4.78 is 26.4. The van der Waals surface area contributed by atoms with E-state index in [2.05, 4.69) is 5.32 Å². The third-order valence-electron chi connectivity index (χ3n) is 5.44. The average molecular weight is 456 g/mol. The zero-order valence-corrected chi connectivity index (χ0v) is 18.5. The fourth-order valence-electron chi connectivity index (χ4n) is 3.65. The second-order valence-electron chi connectivity index (χ2n) is 7.58. The van der Waals surface area contributed by atoms with Gasteiger partial charge in [0, 0.05) is 30.8 Å². The Morgan fingerprint density at radius 1 is 1.09 bits per heavy atom. The largest absolute Gasteiger partial charge is 0.497 e. The van der Waals surface area contributed by atoms with Crippen molar-refractivity contribution in [3.8, 4) is 23.0 Å². The van der Waals surface area contributed by atoms with Crippen LogP contribution in [0.15, 0.2) is 36.4 Å². The number of anilines is 2. The molecule has 0 aliphatic carbocycles. The van der Waals surface area contributed by atoms with Crippen molar-refractivity contribution in [3.05, 3.63) is 36.4 Å². The van der Waals surface area contributed by atoms with E-state index in [1.165, 1.54) is 26.0 Å². The van der Waals surface area contributed by atoms with Crippen LogP contribution in [0.5, 0.6) is 23.0 Å². The normalized spacial score (nSPS) is 17.5. The first-order valence-corrected chi connectivity index (χ1v) is 10.3. The molecule has 0 saturated carbocycles. The molecule has 0 bridgehead atoms. The number of hydrogen-bond acceptors (Lipinski definition) is 8. The van der Waals surface area contributed by atoms with Crippen LogP contribution in [0.1, 0.15) is 13.3 Å². The van der Waals surface area contributed by atoms with Gasteiger partial charge in [-0.3, -0.25) is 14.4 Å². The van der Waals surface area contributed by atoms with Gasteiger partial charge in [0.1, 0.15) is 11.5 Å². The van der Waals surface area contributed by atoms with E-state index in [9.17, 15) is 14.4 Å². The minimum Gasteiger partial charge on any atom is -0.497 e. The van der Waals surface area contributed by atoms with Gasteiger partial charge in [0.25, 0.3) is 5.91 Å². The molecule has 2 heterocycles. The van der Waals surface area contributed by atoms with E-state index in [1.54, 1.807) is 36.4 Å². The number of carbonyl (C=O) groups excluding carboxylic acids is 3. The number of benzene rings is 2. The predicted molar refractivity (Wildman–Crippen MR) is 117 cm³/mol. The highest BCUT2D eigenvalue weighted by Gasteiger charge is 2.38. The van der Waals surface area contributed by atoms with Crippen LogP contribution in [-0.2, 0) is 19.1 Å². The molecule has 10 heteroatoms. The number of amides is 2. The van der Waals surface area contributed by atoms with Gasteiger partial charge in [0.2, 0.25) is 12.7 Å². The molecule has 2 aromatic rings. The van der Waals surface area contributed by atoms with Crippen molar-refractivity contribution in [2.75, 3.05) is 37.8 Å². The van der Waals surface area contributed by atoms with E-state index >= 15 is 0 Å². The van der Waals surface area contributed by atoms with Gasteiger partial charge in [-0.05, 0) is 31.2 Å². The topological polar surface area (TPSA) is 113 Å². The molecule has 33 heavy (non-hydrogen) atoms. The molecule has 1 saturated heterocycles. The molecule has 0 spiro atoms. The number of esters is 1. The monoisotopic (exact) mass is 456 g/mol. The molecule has 2 atom stereocenters. The third kappa shape index (κ3) is 4.64. The summed E-state index contributed by atoms with van der Waals surface area (Å²) in [7, 11) is 3.02. The van der Waals surface area contributed by atoms with Gasteiger partial charge in [-0.1, -0.05) is 0 Å². The Morgan fingerprint density at radius 2 is 1.88 bits per heavy atom. The maximum Gasteiger partial charge on any atom is 0.312 e.